The molecule has 0 aliphatic carbocycles. The van der Waals surface area contributed by atoms with E-state index in [2.05, 4.69) is 34.6 Å². The first kappa shape index (κ1) is 27.2. The Kier molecular flexibility index (Phi) is 7.72. The van der Waals surface area contributed by atoms with Crippen LogP contribution in [0.3, 0.4) is 0 Å². The Balaban J connectivity index is 1.67. The molecule has 9 nitrogen and oxygen atoms in total. The van der Waals surface area contributed by atoms with Gasteiger partial charge in [-0.1, -0.05) is 66.7 Å². The summed E-state index contributed by atoms with van der Waals surface area (Å²) in [7, 11) is 1.80. The molecule has 3 aromatic carbocycles. The number of nitrogens with two attached hydrogens (primary N) is 1. The van der Waals surface area contributed by atoms with Gasteiger partial charge in [0.25, 0.3) is 5.96 Å². The number of benzene rings is 3. The van der Waals surface area contributed by atoms with E-state index < -0.39 is 5.60 Å². The van der Waals surface area contributed by atoms with E-state index in [1.807, 2.05) is 72.8 Å². The zero-order valence-electron chi connectivity index (χ0n) is 22.1. The molecule has 0 amide bonds. The molecule has 5 rings (SSSR count). The summed E-state index contributed by atoms with van der Waals surface area (Å²) in [5, 5.41) is 22.5. The van der Waals surface area contributed by atoms with Gasteiger partial charge in [0.2, 0.25) is 0 Å². The van der Waals surface area contributed by atoms with Crippen LogP contribution in [0.25, 0.3) is 0 Å². The van der Waals surface area contributed by atoms with Gasteiger partial charge in [-0.05, 0) is 47.2 Å². The molecule has 1 atom stereocenters. The summed E-state index contributed by atoms with van der Waals surface area (Å²) < 4.78 is 0. The third-order valence-corrected chi connectivity index (χ3v) is 7.14. The lowest BCUT2D eigenvalue weighted by atomic mass is 9.81. The third-order valence-electron chi connectivity index (χ3n) is 6.91. The van der Waals surface area contributed by atoms with Gasteiger partial charge in [0.1, 0.15) is 0 Å². The minimum atomic E-state index is -1.62. The van der Waals surface area contributed by atoms with Crippen LogP contribution < -0.4 is 27.1 Å². The topological polar surface area (TPSA) is 114 Å². The molecule has 2 aliphatic rings. The minimum Gasteiger partial charge on any atom is -0.403 e. The van der Waals surface area contributed by atoms with Crippen LogP contribution >= 0.6 is 11.6 Å². The molecule has 204 valence electrons. The highest BCUT2D eigenvalue weighted by atomic mass is 35.5. The largest absolute Gasteiger partial charge is 0.403 e. The molecule has 3 aromatic rings. The number of anilines is 1. The fourth-order valence-electron chi connectivity index (χ4n) is 4.87. The summed E-state index contributed by atoms with van der Waals surface area (Å²) in [4.78, 5) is 6.51. The van der Waals surface area contributed by atoms with E-state index in [1.165, 1.54) is 6.20 Å². The van der Waals surface area contributed by atoms with Gasteiger partial charge < -0.3 is 21.1 Å². The van der Waals surface area contributed by atoms with Crippen molar-refractivity contribution in [1.29, 1.82) is 0 Å². The molecule has 0 radical (unpaired) electrons. The first-order chi connectivity index (χ1) is 19.4. The summed E-state index contributed by atoms with van der Waals surface area (Å²) in [6, 6.07) is 21.0. The highest BCUT2D eigenvalue weighted by Gasteiger charge is 2.39. The smallest absolute Gasteiger partial charge is 0.265 e. The summed E-state index contributed by atoms with van der Waals surface area (Å²) in [6.07, 6.45) is 4.83. The Bertz CT molecular complexity index is 1530. The van der Waals surface area contributed by atoms with Crippen molar-refractivity contribution in [1.82, 2.24) is 21.3 Å². The highest BCUT2D eigenvalue weighted by molar-refractivity contribution is 6.32. The van der Waals surface area contributed by atoms with E-state index in [9.17, 15) is 5.11 Å². The second-order valence-electron chi connectivity index (χ2n) is 9.35. The molecule has 0 aromatic heterocycles. The zero-order valence-corrected chi connectivity index (χ0v) is 22.9. The Hall–Kier alpha value is -4.41. The van der Waals surface area contributed by atoms with Gasteiger partial charge >= 0.3 is 0 Å². The lowest BCUT2D eigenvalue weighted by Gasteiger charge is -2.37. The Morgan fingerprint density at radius 3 is 2.62 bits per heavy atom. The lowest BCUT2D eigenvalue weighted by Crippen LogP contribution is -2.44. The minimum absolute atomic E-state index is 0.445. The average Bonchev–Trinajstić information content (AvgIpc) is 3.46. The number of guanidine groups is 1. The number of likely N-dealkylation sites (N-methyl/N-ethyl adjacent to an activating group) is 1. The second kappa shape index (κ2) is 11.4. The molecule has 2 aliphatic heterocycles. The normalized spacial score (nSPS) is 15.7. The third kappa shape index (κ3) is 4.87. The molecule has 0 saturated heterocycles. The fourth-order valence-corrected chi connectivity index (χ4v) is 5.06. The van der Waals surface area contributed by atoms with Gasteiger partial charge in [0, 0.05) is 42.5 Å². The zero-order chi connectivity index (χ0) is 28.3. The van der Waals surface area contributed by atoms with Crippen LogP contribution in [0.4, 0.5) is 5.69 Å². The van der Waals surface area contributed by atoms with Crippen LogP contribution in [0.5, 0.6) is 0 Å². The summed E-state index contributed by atoms with van der Waals surface area (Å²) in [5.41, 5.74) is 16.1. The van der Waals surface area contributed by atoms with Gasteiger partial charge in [0.15, 0.2) is 5.60 Å². The van der Waals surface area contributed by atoms with Gasteiger partial charge in [-0.3, -0.25) is 0 Å². The summed E-state index contributed by atoms with van der Waals surface area (Å²) in [5.74, 6) is 0.458. The molecule has 10 heteroatoms. The maximum Gasteiger partial charge on any atom is 0.265 e. The molecule has 0 saturated carbocycles. The van der Waals surface area contributed by atoms with Gasteiger partial charge in [-0.25, -0.2) is 15.5 Å². The van der Waals surface area contributed by atoms with Gasteiger partial charge in [-0.15, -0.1) is 17.2 Å². The number of fused-ring (bicyclic) bond motifs is 3. The number of hydrazine groups is 2. The molecule has 0 spiro atoms. The van der Waals surface area contributed by atoms with Gasteiger partial charge in [0.05, 0.1) is 17.1 Å². The molecule has 0 fully saturated rings. The van der Waals surface area contributed by atoms with Crippen molar-refractivity contribution in [2.24, 2.45) is 15.8 Å². The number of aliphatic hydroxyl groups is 1. The number of rotatable bonds is 10. The van der Waals surface area contributed by atoms with Crippen molar-refractivity contribution in [2.45, 2.75) is 12.1 Å². The van der Waals surface area contributed by atoms with Crippen molar-refractivity contribution in [2.75, 3.05) is 18.6 Å². The van der Waals surface area contributed by atoms with Crippen molar-refractivity contribution in [3.8, 4) is 0 Å². The maximum atomic E-state index is 12.6. The fraction of sp³-hybridized carbons (Fsp3) is 0.133. The molecular formula is C30H31ClN8O. The van der Waals surface area contributed by atoms with Crippen molar-refractivity contribution in [3.05, 3.63) is 137 Å². The standard InChI is InChI=1S/C30H31ClN8O/c1-4-15-33-19-20-9-11-22(12-10-20)30(40,27(18-32)38(3)5-2)23-13-14-26-25(17-23)28(21-7-6-8-24(31)16-21)34-29-35-36-37-39(26)29/h4-14,16-18,33,36-37,40H,1-2,15,19,32H2,3H3/b27-18-. The van der Waals surface area contributed by atoms with Crippen molar-refractivity contribution < 1.29 is 5.11 Å². The van der Waals surface area contributed by atoms with E-state index >= 15 is 0 Å². The monoisotopic (exact) mass is 554 g/mol. The summed E-state index contributed by atoms with van der Waals surface area (Å²) >= 11 is 6.34. The predicted octanol–water partition coefficient (Wildman–Crippen LogP) is 3.68. The number of nitrogens with zero attached hydrogens (tertiary/aromatic N) is 4. The van der Waals surface area contributed by atoms with Crippen molar-refractivity contribution in [3.63, 3.8) is 0 Å². The number of hydrogen-bond acceptors (Lipinski definition) is 9. The Labute approximate surface area is 238 Å². The number of hydrogen-bond donors (Lipinski definition) is 5. The number of halogens is 1. The highest BCUT2D eigenvalue weighted by Crippen LogP contribution is 2.41. The van der Waals surface area contributed by atoms with E-state index in [0.717, 1.165) is 22.4 Å². The number of nitrogens with one attached hydrogen (secondary N) is 3. The Morgan fingerprint density at radius 2 is 1.93 bits per heavy atom. The SMILES string of the molecule is C=CCNCc1ccc(C(O)(/C(=C/N)N(C)C=C)c2ccc3c(c2)C(c2cccc(Cl)c2)=NC2=NNNN23)cc1. The second-order valence-corrected chi connectivity index (χ2v) is 9.78. The molecule has 6 N–H and O–H groups in total. The van der Waals surface area contributed by atoms with Gasteiger partial charge in [-0.2, -0.15) is 0 Å². The van der Waals surface area contributed by atoms with Crippen molar-refractivity contribution >= 4 is 29.0 Å². The van der Waals surface area contributed by atoms with E-state index in [0.29, 0.717) is 46.6 Å². The van der Waals surface area contributed by atoms with Crippen LogP contribution in [-0.4, -0.2) is 35.3 Å². The van der Waals surface area contributed by atoms with Crippen LogP contribution in [0, 0.1) is 0 Å². The van der Waals surface area contributed by atoms with E-state index in [4.69, 9.17) is 22.3 Å². The maximum absolute atomic E-state index is 12.6. The number of aliphatic imine (C=N–C) groups is 1. The van der Waals surface area contributed by atoms with E-state index in [-0.39, 0.29) is 0 Å². The quantitative estimate of drug-likeness (QED) is 0.192. The predicted molar refractivity (Wildman–Crippen MR) is 161 cm³/mol. The van der Waals surface area contributed by atoms with Crippen LogP contribution in [0.1, 0.15) is 27.8 Å². The molecular weight excluding hydrogens is 524 g/mol. The average molecular weight is 555 g/mol. The van der Waals surface area contributed by atoms with Crippen LogP contribution in [-0.2, 0) is 12.1 Å². The molecule has 0 bridgehead atoms. The first-order valence-corrected chi connectivity index (χ1v) is 13.1. The molecule has 1 unspecified atom stereocenters. The molecule has 40 heavy (non-hydrogen) atoms. The first-order valence-electron chi connectivity index (χ1n) is 12.7. The lowest BCUT2D eigenvalue weighted by molar-refractivity contribution is 0.0967. The molecule has 2 heterocycles. The summed E-state index contributed by atoms with van der Waals surface area (Å²) in [6.45, 7) is 9.01. The van der Waals surface area contributed by atoms with Crippen LogP contribution in [0.2, 0.25) is 5.02 Å². The van der Waals surface area contributed by atoms with E-state index in [1.54, 1.807) is 23.2 Å². The Morgan fingerprint density at radius 1 is 1.15 bits per heavy atom. The number of hydrazone groups is 1. The van der Waals surface area contributed by atoms with Crippen LogP contribution in [0.15, 0.2) is 114 Å².